The summed E-state index contributed by atoms with van der Waals surface area (Å²) in [5.41, 5.74) is 0. The Bertz CT molecular complexity index is 198. The van der Waals surface area contributed by atoms with E-state index in [9.17, 15) is 0 Å². The summed E-state index contributed by atoms with van der Waals surface area (Å²) in [5, 5.41) is 25.8. The van der Waals surface area contributed by atoms with Crippen LogP contribution < -0.4 is 22.1 Å². The Morgan fingerprint density at radius 1 is 1.47 bits per heavy atom. The molecular formula is C9H18BrN2O3-. The number of quaternary nitrogens is 1. The number of nitrogens with zero attached hydrogens (tertiary/aromatic N) is 2. The van der Waals surface area contributed by atoms with E-state index in [1.54, 1.807) is 0 Å². The van der Waals surface area contributed by atoms with Gasteiger partial charge in [0.25, 0.3) is 0 Å². The van der Waals surface area contributed by atoms with Crippen LogP contribution in [0.4, 0.5) is 0 Å². The predicted octanol–water partition coefficient (Wildman–Crippen LogP) is -4.27. The SMILES string of the molecule is CC(=O)[O-].C[N+](C)(CCO)CCC#N.[Br-]. The van der Waals surface area contributed by atoms with Crippen molar-refractivity contribution in [3.8, 4) is 6.07 Å². The summed E-state index contributed by atoms with van der Waals surface area (Å²) in [6, 6.07) is 2.08. The summed E-state index contributed by atoms with van der Waals surface area (Å²) in [4.78, 5) is 8.89. The van der Waals surface area contributed by atoms with E-state index in [0.717, 1.165) is 24.5 Å². The fourth-order valence-corrected chi connectivity index (χ4v) is 0.735. The average Bonchev–Trinajstić information content (AvgIpc) is 2.00. The van der Waals surface area contributed by atoms with E-state index >= 15 is 0 Å². The van der Waals surface area contributed by atoms with Crippen LogP contribution in [0.3, 0.4) is 0 Å². The number of carbonyl (C=O) groups is 1. The zero-order valence-electron chi connectivity index (χ0n) is 9.36. The van der Waals surface area contributed by atoms with Crippen molar-refractivity contribution < 1.29 is 36.5 Å². The molecule has 6 heteroatoms. The molecule has 5 nitrogen and oxygen atoms in total. The van der Waals surface area contributed by atoms with Gasteiger partial charge in [-0.05, 0) is 6.92 Å². The Morgan fingerprint density at radius 2 is 1.87 bits per heavy atom. The van der Waals surface area contributed by atoms with Crippen LogP contribution in [0.25, 0.3) is 0 Å². The van der Waals surface area contributed by atoms with Crippen molar-refractivity contribution in [2.24, 2.45) is 0 Å². The molecular weight excluding hydrogens is 264 g/mol. The highest BCUT2D eigenvalue weighted by Gasteiger charge is 2.12. The van der Waals surface area contributed by atoms with Crippen LogP contribution in [0.15, 0.2) is 0 Å². The molecule has 0 aliphatic heterocycles. The van der Waals surface area contributed by atoms with Gasteiger partial charge in [0.1, 0.15) is 6.54 Å². The summed E-state index contributed by atoms with van der Waals surface area (Å²) in [6.07, 6.45) is 0.562. The Morgan fingerprint density at radius 3 is 2.13 bits per heavy atom. The van der Waals surface area contributed by atoms with Crippen LogP contribution in [0.2, 0.25) is 0 Å². The minimum Gasteiger partial charge on any atom is -1.00 e. The van der Waals surface area contributed by atoms with Gasteiger partial charge < -0.3 is 36.5 Å². The van der Waals surface area contributed by atoms with Crippen molar-refractivity contribution in [2.75, 3.05) is 33.8 Å². The van der Waals surface area contributed by atoms with Gasteiger partial charge >= 0.3 is 0 Å². The number of halogens is 1. The first-order valence-corrected chi connectivity index (χ1v) is 4.33. The molecule has 0 atom stereocenters. The second-order valence-corrected chi connectivity index (χ2v) is 3.51. The van der Waals surface area contributed by atoms with E-state index in [0.29, 0.717) is 6.42 Å². The number of aliphatic hydroxyl groups is 1. The lowest BCUT2D eigenvalue weighted by Crippen LogP contribution is -3.00. The van der Waals surface area contributed by atoms with E-state index in [1.165, 1.54) is 0 Å². The minimum atomic E-state index is -1.08. The third-order valence-corrected chi connectivity index (χ3v) is 1.53. The number of likely N-dealkylation sites (N-methyl/N-ethyl adjacent to an activating group) is 1. The van der Waals surface area contributed by atoms with Gasteiger partial charge in [-0.2, -0.15) is 5.26 Å². The Balaban J connectivity index is -0.000000249. The number of carboxylic acid groups (broad SMARTS) is 1. The quantitative estimate of drug-likeness (QED) is 0.529. The molecule has 0 aromatic heterocycles. The van der Waals surface area contributed by atoms with Gasteiger partial charge in [0, 0.05) is 5.97 Å². The van der Waals surface area contributed by atoms with Crippen LogP contribution in [-0.4, -0.2) is 49.4 Å². The van der Waals surface area contributed by atoms with E-state index in [-0.39, 0.29) is 23.6 Å². The van der Waals surface area contributed by atoms with Crippen molar-refractivity contribution in [3.05, 3.63) is 0 Å². The van der Waals surface area contributed by atoms with Crippen LogP contribution in [0.1, 0.15) is 13.3 Å². The van der Waals surface area contributed by atoms with Gasteiger partial charge in [-0.3, -0.25) is 0 Å². The van der Waals surface area contributed by atoms with Crippen LogP contribution >= 0.6 is 0 Å². The fourth-order valence-electron chi connectivity index (χ4n) is 0.735. The first kappa shape index (κ1) is 19.9. The lowest BCUT2D eigenvalue weighted by atomic mass is 10.3. The molecule has 0 bridgehead atoms. The topological polar surface area (TPSA) is 84.2 Å². The lowest BCUT2D eigenvalue weighted by molar-refractivity contribution is -0.890. The maximum atomic E-state index is 8.89. The standard InChI is InChI=1S/C7H15N2O.C2H4O2.BrH/c1-9(2,6-7-10)5-3-4-8;1-2(3)4;/h10H,3,5-7H2,1-2H3;1H3,(H,3,4);1H/q+1;;/p-2. The number of hydrogen-bond acceptors (Lipinski definition) is 4. The molecule has 0 rings (SSSR count). The molecule has 1 N–H and O–H groups in total. The third-order valence-electron chi connectivity index (χ3n) is 1.53. The van der Waals surface area contributed by atoms with Crippen molar-refractivity contribution in [1.29, 1.82) is 5.26 Å². The highest BCUT2D eigenvalue weighted by molar-refractivity contribution is 5.60. The van der Waals surface area contributed by atoms with Crippen LogP contribution in [-0.2, 0) is 4.79 Å². The molecule has 90 valence electrons. The van der Waals surface area contributed by atoms with Gasteiger partial charge in [-0.15, -0.1) is 0 Å². The smallest absolute Gasteiger partial charge is 0.102 e. The minimum absolute atomic E-state index is 0. The molecule has 0 fully saturated rings. The second-order valence-electron chi connectivity index (χ2n) is 3.51. The zero-order valence-corrected chi connectivity index (χ0v) is 11.0. The van der Waals surface area contributed by atoms with Gasteiger partial charge in [-0.25, -0.2) is 0 Å². The maximum absolute atomic E-state index is 8.89. The molecule has 0 aromatic carbocycles. The summed E-state index contributed by atoms with van der Waals surface area (Å²) >= 11 is 0. The fraction of sp³-hybridized carbons (Fsp3) is 0.778. The molecule has 0 saturated heterocycles. The van der Waals surface area contributed by atoms with Gasteiger partial charge in [0.15, 0.2) is 0 Å². The Kier molecular flexibility index (Phi) is 15.1. The normalized spacial score (nSPS) is 9.00. The molecule has 15 heavy (non-hydrogen) atoms. The second kappa shape index (κ2) is 11.4. The van der Waals surface area contributed by atoms with E-state index in [4.69, 9.17) is 20.3 Å². The molecule has 0 aromatic rings. The average molecular weight is 282 g/mol. The molecule has 0 heterocycles. The van der Waals surface area contributed by atoms with Crippen LogP contribution in [0.5, 0.6) is 0 Å². The number of aliphatic carboxylic acids is 1. The zero-order chi connectivity index (χ0) is 11.6. The lowest BCUT2D eigenvalue weighted by Gasteiger charge is -2.27. The van der Waals surface area contributed by atoms with Gasteiger partial charge in [0.2, 0.25) is 0 Å². The van der Waals surface area contributed by atoms with Crippen molar-refractivity contribution in [3.63, 3.8) is 0 Å². The molecule has 0 unspecified atom stereocenters. The number of aliphatic hydroxyl groups excluding tert-OH is 1. The molecule has 0 aliphatic rings. The van der Waals surface area contributed by atoms with E-state index < -0.39 is 5.97 Å². The highest BCUT2D eigenvalue weighted by atomic mass is 79.9. The number of carboxylic acids is 1. The van der Waals surface area contributed by atoms with Crippen molar-refractivity contribution >= 4 is 5.97 Å². The molecule has 0 spiro atoms. The molecule has 0 saturated carbocycles. The summed E-state index contributed by atoms with van der Waals surface area (Å²) in [7, 11) is 4.01. The molecule has 0 amide bonds. The maximum Gasteiger partial charge on any atom is 0.102 e. The highest BCUT2D eigenvalue weighted by Crippen LogP contribution is 1.96. The Labute approximate surface area is 101 Å². The van der Waals surface area contributed by atoms with Gasteiger partial charge in [0.05, 0.1) is 39.7 Å². The molecule has 0 radical (unpaired) electrons. The number of hydrogen-bond donors (Lipinski definition) is 1. The third kappa shape index (κ3) is 24.7. The summed E-state index contributed by atoms with van der Waals surface area (Å²) in [6.45, 7) is 2.71. The van der Waals surface area contributed by atoms with E-state index in [2.05, 4.69) is 6.07 Å². The monoisotopic (exact) mass is 281 g/mol. The Hall–Kier alpha value is -0.640. The number of nitriles is 1. The van der Waals surface area contributed by atoms with Crippen molar-refractivity contribution in [2.45, 2.75) is 13.3 Å². The van der Waals surface area contributed by atoms with Crippen molar-refractivity contribution in [1.82, 2.24) is 0 Å². The predicted molar refractivity (Wildman–Crippen MR) is 49.8 cm³/mol. The summed E-state index contributed by atoms with van der Waals surface area (Å²) < 4.78 is 0.726. The van der Waals surface area contributed by atoms with E-state index in [1.807, 2.05) is 14.1 Å². The first-order chi connectivity index (χ1) is 6.35. The summed E-state index contributed by atoms with van der Waals surface area (Å²) in [5.74, 6) is -1.08. The number of rotatable bonds is 4. The largest absolute Gasteiger partial charge is 1.00 e. The van der Waals surface area contributed by atoms with Gasteiger partial charge in [-0.1, -0.05) is 0 Å². The molecule has 0 aliphatic carbocycles. The number of carbonyl (C=O) groups excluding carboxylic acids is 1. The van der Waals surface area contributed by atoms with Crippen LogP contribution in [0, 0.1) is 11.3 Å². The first-order valence-electron chi connectivity index (χ1n) is 4.33.